The molecule has 0 N–H and O–H groups in total. The Morgan fingerprint density at radius 3 is 1.48 bits per heavy atom. The molecule has 0 aliphatic rings. The molecule has 0 saturated heterocycles. The van der Waals surface area contributed by atoms with E-state index in [-0.39, 0.29) is 0 Å². The zero-order chi connectivity index (χ0) is 36.7. The summed E-state index contributed by atoms with van der Waals surface area (Å²) in [6, 6.07) is 65.0. The summed E-state index contributed by atoms with van der Waals surface area (Å²) in [7, 11) is 0. The van der Waals surface area contributed by atoms with Crippen molar-refractivity contribution < 1.29 is 0 Å². The molecule has 0 radical (unpaired) electrons. The van der Waals surface area contributed by atoms with E-state index in [9.17, 15) is 0 Å². The van der Waals surface area contributed by atoms with Crippen LogP contribution in [0.1, 0.15) is 0 Å². The molecule has 0 aliphatic carbocycles. The van der Waals surface area contributed by atoms with Crippen LogP contribution in [0, 0.1) is 0 Å². The van der Waals surface area contributed by atoms with E-state index in [1.807, 2.05) is 18.2 Å². The predicted octanol–water partition coefficient (Wildman–Crippen LogP) is 13.8. The van der Waals surface area contributed by atoms with Crippen LogP contribution in [0.3, 0.4) is 0 Å². The van der Waals surface area contributed by atoms with E-state index >= 15 is 0 Å². The van der Waals surface area contributed by atoms with Crippen LogP contribution in [0.2, 0.25) is 0 Å². The van der Waals surface area contributed by atoms with Crippen LogP contribution in [-0.4, -0.2) is 19.5 Å². The number of aromatic nitrogens is 4. The van der Waals surface area contributed by atoms with Crippen LogP contribution in [0.15, 0.2) is 182 Å². The number of hydrogen-bond acceptors (Lipinski definition) is 4. The Hall–Kier alpha value is -7.21. The fraction of sp³-hybridized carbons (Fsp3) is 0. The Bertz CT molecular complexity index is 3490. The highest BCUT2D eigenvalue weighted by molar-refractivity contribution is 7.26. The lowest BCUT2D eigenvalue weighted by molar-refractivity contribution is 1.07. The second-order valence-electron chi connectivity index (χ2n) is 14.3. The summed E-state index contributed by atoms with van der Waals surface area (Å²) in [6.45, 7) is 0. The van der Waals surface area contributed by atoms with Crippen molar-refractivity contribution in [2.24, 2.45) is 0 Å². The predicted molar refractivity (Wildman–Crippen MR) is 236 cm³/mol. The molecule has 0 spiro atoms. The lowest BCUT2D eigenvalue weighted by atomic mass is 9.92. The van der Waals surface area contributed by atoms with Crippen molar-refractivity contribution in [2.45, 2.75) is 0 Å². The summed E-state index contributed by atoms with van der Waals surface area (Å²) < 4.78 is 4.82. The average molecular weight is 731 g/mol. The average Bonchev–Trinajstić information content (AvgIpc) is 3.82. The van der Waals surface area contributed by atoms with Crippen LogP contribution in [0.5, 0.6) is 0 Å². The van der Waals surface area contributed by atoms with E-state index in [0.29, 0.717) is 17.5 Å². The third kappa shape index (κ3) is 4.62. The van der Waals surface area contributed by atoms with E-state index in [1.54, 1.807) is 11.3 Å². The van der Waals surface area contributed by atoms with Gasteiger partial charge >= 0.3 is 0 Å². The number of fused-ring (bicyclic) bond motifs is 12. The zero-order valence-electron chi connectivity index (χ0n) is 30.0. The van der Waals surface area contributed by atoms with Crippen molar-refractivity contribution >= 4 is 85.6 Å². The molecule has 12 aromatic rings. The van der Waals surface area contributed by atoms with Gasteiger partial charge in [0, 0.05) is 47.6 Å². The molecule has 5 heteroatoms. The maximum Gasteiger partial charge on any atom is 0.166 e. The standard InChI is InChI=1S/C51H30N4S/c1-2-15-31(16-3-1)49-52-50(40-25-14-24-39-38-23-10-13-28-47(38)56-48(39)40)54-51(53-49)43-29-41-34-19-6-4-17-32(34)33-18-5-7-20-35(33)42(41)30-46(43)55-44-26-11-8-21-36(44)37-22-9-12-27-45(37)55/h1-30H. The Morgan fingerprint density at radius 2 is 0.821 bits per heavy atom. The first kappa shape index (κ1) is 31.2. The number of thiophene rings is 1. The summed E-state index contributed by atoms with van der Waals surface area (Å²) >= 11 is 1.79. The Morgan fingerprint density at radius 1 is 0.339 bits per heavy atom. The van der Waals surface area contributed by atoms with Gasteiger partial charge in [0.1, 0.15) is 0 Å². The lowest BCUT2D eigenvalue weighted by Gasteiger charge is -2.18. The van der Waals surface area contributed by atoms with E-state index in [1.165, 1.54) is 57.9 Å². The van der Waals surface area contributed by atoms with Gasteiger partial charge in [-0.15, -0.1) is 11.3 Å². The van der Waals surface area contributed by atoms with Crippen LogP contribution in [0.25, 0.3) is 114 Å². The van der Waals surface area contributed by atoms with Crippen molar-refractivity contribution in [3.8, 4) is 39.9 Å². The molecule has 3 aromatic heterocycles. The van der Waals surface area contributed by atoms with Crippen molar-refractivity contribution in [1.82, 2.24) is 19.5 Å². The van der Waals surface area contributed by atoms with Gasteiger partial charge < -0.3 is 4.57 Å². The summed E-state index contributed by atoms with van der Waals surface area (Å²) in [6.07, 6.45) is 0. The number of nitrogens with zero attached hydrogens (tertiary/aromatic N) is 4. The molecule has 0 unspecified atom stereocenters. The number of benzene rings is 9. The van der Waals surface area contributed by atoms with E-state index < -0.39 is 0 Å². The van der Waals surface area contributed by atoms with Gasteiger partial charge in [0.2, 0.25) is 0 Å². The maximum atomic E-state index is 5.47. The Balaban J connectivity index is 1.25. The molecule has 0 atom stereocenters. The van der Waals surface area contributed by atoms with Gasteiger partial charge in [-0.1, -0.05) is 146 Å². The molecule has 56 heavy (non-hydrogen) atoms. The van der Waals surface area contributed by atoms with Gasteiger partial charge in [0.25, 0.3) is 0 Å². The van der Waals surface area contributed by atoms with Crippen LogP contribution >= 0.6 is 11.3 Å². The second kappa shape index (κ2) is 12.2. The first-order valence-electron chi connectivity index (χ1n) is 18.9. The second-order valence-corrected chi connectivity index (χ2v) is 15.4. The van der Waals surface area contributed by atoms with Gasteiger partial charge in [-0.05, 0) is 68.7 Å². The van der Waals surface area contributed by atoms with Crippen molar-refractivity contribution in [3.05, 3.63) is 182 Å². The molecule has 12 rings (SSSR count). The van der Waals surface area contributed by atoms with Gasteiger partial charge in [0.15, 0.2) is 17.5 Å². The van der Waals surface area contributed by atoms with Crippen LogP contribution in [0.4, 0.5) is 0 Å². The summed E-state index contributed by atoms with van der Waals surface area (Å²) in [5.74, 6) is 1.92. The number of para-hydroxylation sites is 2. The monoisotopic (exact) mass is 730 g/mol. The summed E-state index contributed by atoms with van der Waals surface area (Å²) in [5.41, 5.74) is 6.16. The number of rotatable bonds is 4. The minimum atomic E-state index is 0.628. The van der Waals surface area contributed by atoms with Crippen molar-refractivity contribution in [3.63, 3.8) is 0 Å². The highest BCUT2D eigenvalue weighted by Gasteiger charge is 2.23. The molecule has 0 aliphatic heterocycles. The molecule has 0 amide bonds. The summed E-state index contributed by atoms with van der Waals surface area (Å²) in [4.78, 5) is 16.1. The molecule has 4 nitrogen and oxygen atoms in total. The molecule has 260 valence electrons. The number of hydrogen-bond donors (Lipinski definition) is 0. The van der Waals surface area contributed by atoms with Crippen LogP contribution < -0.4 is 0 Å². The molecule has 0 fully saturated rings. The first-order valence-corrected chi connectivity index (χ1v) is 19.7. The molecule has 0 saturated carbocycles. The zero-order valence-corrected chi connectivity index (χ0v) is 30.8. The third-order valence-electron chi connectivity index (χ3n) is 11.2. The van der Waals surface area contributed by atoms with E-state index in [4.69, 9.17) is 15.0 Å². The minimum Gasteiger partial charge on any atom is -0.308 e. The van der Waals surface area contributed by atoms with Gasteiger partial charge in [-0.25, -0.2) is 15.0 Å². The smallest absolute Gasteiger partial charge is 0.166 e. The highest BCUT2D eigenvalue weighted by Crippen LogP contribution is 2.44. The molecular weight excluding hydrogens is 701 g/mol. The molecule has 3 heterocycles. The molecular formula is C51H30N4S. The summed E-state index contributed by atoms with van der Waals surface area (Å²) in [5, 5.41) is 12.1. The normalized spacial score (nSPS) is 11.9. The Kier molecular flexibility index (Phi) is 6.76. The maximum absolute atomic E-state index is 5.47. The van der Waals surface area contributed by atoms with Crippen LogP contribution in [-0.2, 0) is 0 Å². The SMILES string of the molecule is c1ccc(-c2nc(-c3cc4c5ccccc5c5ccccc5c4cc3-n3c4ccccc4c4ccccc43)nc(-c3cccc4c3sc3ccccc34)n2)cc1. The topological polar surface area (TPSA) is 43.6 Å². The van der Waals surface area contributed by atoms with Crippen molar-refractivity contribution in [1.29, 1.82) is 0 Å². The molecule has 0 bridgehead atoms. The minimum absolute atomic E-state index is 0.628. The van der Waals surface area contributed by atoms with Crippen molar-refractivity contribution in [2.75, 3.05) is 0 Å². The van der Waals surface area contributed by atoms with E-state index in [0.717, 1.165) is 38.8 Å². The largest absolute Gasteiger partial charge is 0.308 e. The Labute approximate surface area is 325 Å². The van der Waals surface area contributed by atoms with Gasteiger partial charge in [-0.3, -0.25) is 0 Å². The van der Waals surface area contributed by atoms with E-state index in [2.05, 4.69) is 168 Å². The van der Waals surface area contributed by atoms with Gasteiger partial charge in [-0.2, -0.15) is 0 Å². The third-order valence-corrected chi connectivity index (χ3v) is 12.5. The fourth-order valence-corrected chi connectivity index (χ4v) is 9.95. The lowest BCUT2D eigenvalue weighted by Crippen LogP contribution is -2.04. The first-order chi connectivity index (χ1) is 27.8. The highest BCUT2D eigenvalue weighted by atomic mass is 32.1. The quantitative estimate of drug-likeness (QED) is 0.169. The fourth-order valence-electron chi connectivity index (χ4n) is 8.74. The van der Waals surface area contributed by atoms with Gasteiger partial charge in [0.05, 0.1) is 16.7 Å². The molecule has 9 aromatic carbocycles.